The Balaban J connectivity index is 1.41. The number of halogens is 1. The molecule has 0 radical (unpaired) electrons. The van der Waals surface area contributed by atoms with Crippen LogP contribution in [0.4, 0.5) is 10.1 Å². The van der Waals surface area contributed by atoms with Crippen LogP contribution in [-0.2, 0) is 0 Å². The Morgan fingerprint density at radius 2 is 1.89 bits per heavy atom. The van der Waals surface area contributed by atoms with E-state index in [2.05, 4.69) is 19.8 Å². The first-order chi connectivity index (χ1) is 13.5. The van der Waals surface area contributed by atoms with Gasteiger partial charge in [-0.3, -0.25) is 0 Å². The highest BCUT2D eigenvalue weighted by Gasteiger charge is 2.24. The summed E-state index contributed by atoms with van der Waals surface area (Å²) in [5.74, 6) is 1.50. The number of aromatic nitrogens is 2. The molecule has 0 unspecified atom stereocenters. The molecule has 1 aliphatic rings. The van der Waals surface area contributed by atoms with Crippen molar-refractivity contribution in [2.75, 3.05) is 25.5 Å². The lowest BCUT2D eigenvalue weighted by molar-refractivity contribution is 0.270. The average molecular weight is 399 g/mol. The van der Waals surface area contributed by atoms with Crippen LogP contribution >= 0.6 is 12.2 Å². The molecular weight excluding hydrogens is 375 g/mol. The summed E-state index contributed by atoms with van der Waals surface area (Å²) in [5.41, 5.74) is 2.67. The average Bonchev–Trinajstić information content (AvgIpc) is 3.03. The normalized spacial score (nSPS) is 15.0. The number of nitrogens with one attached hydrogen (secondary N) is 1. The number of aryl methyl sites for hydroxylation is 1. The number of anilines is 1. The second-order valence-electron chi connectivity index (χ2n) is 7.04. The lowest BCUT2D eigenvalue weighted by Gasteiger charge is -2.35. The maximum atomic E-state index is 13.5. The van der Waals surface area contributed by atoms with Crippen LogP contribution < -0.4 is 10.1 Å². The van der Waals surface area contributed by atoms with Crippen LogP contribution in [0.5, 0.6) is 5.75 Å². The van der Waals surface area contributed by atoms with E-state index in [1.54, 1.807) is 7.11 Å². The summed E-state index contributed by atoms with van der Waals surface area (Å²) < 4.78 is 20.9. The predicted octanol–water partition coefficient (Wildman–Crippen LogP) is 4.53. The fourth-order valence-corrected chi connectivity index (χ4v) is 4.16. The third-order valence-electron chi connectivity index (χ3n) is 5.29. The Hall–Kier alpha value is -2.67. The molecular formula is C21H23FN4OS. The zero-order valence-corrected chi connectivity index (χ0v) is 16.8. The zero-order valence-electron chi connectivity index (χ0n) is 16.0. The van der Waals surface area contributed by atoms with Gasteiger partial charge >= 0.3 is 0 Å². The van der Waals surface area contributed by atoms with Crippen molar-refractivity contribution >= 4 is 34.1 Å². The topological polar surface area (TPSA) is 42.3 Å². The zero-order chi connectivity index (χ0) is 19.7. The van der Waals surface area contributed by atoms with Crippen LogP contribution in [0.25, 0.3) is 11.0 Å². The molecule has 0 saturated carbocycles. The van der Waals surface area contributed by atoms with Gasteiger partial charge in [0.25, 0.3) is 0 Å². The molecule has 1 aliphatic heterocycles. The van der Waals surface area contributed by atoms with Crippen LogP contribution in [0.1, 0.15) is 24.7 Å². The molecule has 4 rings (SSSR count). The number of thiocarbonyl (C=S) groups is 1. The molecule has 0 aliphatic carbocycles. The van der Waals surface area contributed by atoms with E-state index in [9.17, 15) is 4.39 Å². The SMILES string of the molecule is COc1ccc(NC(=S)N2CCC(n3c(C)nc4cc(F)ccc43)CC2)cc1. The van der Waals surface area contributed by atoms with Crippen molar-refractivity contribution in [3.8, 4) is 5.75 Å². The molecule has 1 aromatic heterocycles. The molecule has 28 heavy (non-hydrogen) atoms. The maximum Gasteiger partial charge on any atom is 0.173 e. The van der Waals surface area contributed by atoms with Gasteiger partial charge in [-0.25, -0.2) is 9.37 Å². The first-order valence-corrected chi connectivity index (χ1v) is 9.80. The number of nitrogens with zero attached hydrogens (tertiary/aromatic N) is 3. The summed E-state index contributed by atoms with van der Waals surface area (Å²) in [5, 5.41) is 4.03. The molecule has 146 valence electrons. The molecule has 0 bridgehead atoms. The van der Waals surface area contributed by atoms with E-state index in [4.69, 9.17) is 17.0 Å². The Morgan fingerprint density at radius 1 is 1.18 bits per heavy atom. The number of methoxy groups -OCH3 is 1. The molecule has 7 heteroatoms. The van der Waals surface area contributed by atoms with Crippen LogP contribution in [0, 0.1) is 12.7 Å². The van der Waals surface area contributed by atoms with Crippen LogP contribution in [0.3, 0.4) is 0 Å². The predicted molar refractivity (Wildman–Crippen MR) is 113 cm³/mol. The fourth-order valence-electron chi connectivity index (χ4n) is 3.86. The first kappa shape index (κ1) is 18.7. The second-order valence-corrected chi connectivity index (χ2v) is 7.43. The molecule has 1 N–H and O–H groups in total. The Labute approximate surface area is 169 Å². The molecule has 1 fully saturated rings. The highest BCUT2D eigenvalue weighted by molar-refractivity contribution is 7.80. The number of rotatable bonds is 3. The number of hydrogen-bond donors (Lipinski definition) is 1. The molecule has 3 aromatic rings. The van der Waals surface area contributed by atoms with Crippen molar-refractivity contribution in [2.24, 2.45) is 0 Å². The number of fused-ring (bicyclic) bond motifs is 1. The van der Waals surface area contributed by atoms with E-state index in [1.165, 1.54) is 12.1 Å². The van der Waals surface area contributed by atoms with Gasteiger partial charge in [0.1, 0.15) is 17.4 Å². The van der Waals surface area contributed by atoms with Crippen LogP contribution in [0.15, 0.2) is 42.5 Å². The molecule has 2 heterocycles. The smallest absolute Gasteiger partial charge is 0.173 e. The van der Waals surface area contributed by atoms with Gasteiger partial charge in [-0.2, -0.15) is 0 Å². The number of hydrogen-bond acceptors (Lipinski definition) is 3. The van der Waals surface area contributed by atoms with Gasteiger partial charge in [-0.05, 0) is 68.4 Å². The van der Waals surface area contributed by atoms with Gasteiger partial charge in [0, 0.05) is 30.9 Å². The Kier molecular flexibility index (Phi) is 5.17. The quantitative estimate of drug-likeness (QED) is 0.657. The van der Waals surface area contributed by atoms with Crippen LogP contribution in [0.2, 0.25) is 0 Å². The third-order valence-corrected chi connectivity index (χ3v) is 5.65. The minimum Gasteiger partial charge on any atom is -0.497 e. The summed E-state index contributed by atoms with van der Waals surface area (Å²) in [4.78, 5) is 6.73. The van der Waals surface area contributed by atoms with Gasteiger partial charge in [-0.15, -0.1) is 0 Å². The van der Waals surface area contributed by atoms with E-state index >= 15 is 0 Å². The van der Waals surface area contributed by atoms with Crippen molar-refractivity contribution in [2.45, 2.75) is 25.8 Å². The van der Waals surface area contributed by atoms with E-state index in [0.29, 0.717) is 6.04 Å². The third kappa shape index (κ3) is 3.67. The van der Waals surface area contributed by atoms with Gasteiger partial charge in [0.2, 0.25) is 0 Å². The van der Waals surface area contributed by atoms with E-state index < -0.39 is 0 Å². The molecule has 1 saturated heterocycles. The number of benzene rings is 2. The molecule has 0 spiro atoms. The lowest BCUT2D eigenvalue weighted by atomic mass is 10.0. The summed E-state index contributed by atoms with van der Waals surface area (Å²) in [6.45, 7) is 3.72. The lowest BCUT2D eigenvalue weighted by Crippen LogP contribution is -2.41. The first-order valence-electron chi connectivity index (χ1n) is 9.39. The van der Waals surface area contributed by atoms with Gasteiger partial charge in [-0.1, -0.05) is 0 Å². The van der Waals surface area contributed by atoms with E-state index in [1.807, 2.05) is 37.3 Å². The van der Waals surface area contributed by atoms with Gasteiger partial charge < -0.3 is 19.5 Å². The second kappa shape index (κ2) is 7.75. The van der Waals surface area contributed by atoms with E-state index in [-0.39, 0.29) is 5.82 Å². The Morgan fingerprint density at radius 3 is 2.57 bits per heavy atom. The van der Waals surface area contributed by atoms with Crippen molar-refractivity contribution in [3.63, 3.8) is 0 Å². The summed E-state index contributed by atoms with van der Waals surface area (Å²) >= 11 is 5.60. The van der Waals surface area contributed by atoms with E-state index in [0.717, 1.165) is 59.3 Å². The van der Waals surface area contributed by atoms with Crippen molar-refractivity contribution in [3.05, 3.63) is 54.1 Å². The highest BCUT2D eigenvalue weighted by atomic mass is 32.1. The van der Waals surface area contributed by atoms with Crippen molar-refractivity contribution in [1.82, 2.24) is 14.5 Å². The molecule has 0 amide bonds. The summed E-state index contributed by atoms with van der Waals surface area (Å²) in [6.07, 6.45) is 1.93. The number of imidazole rings is 1. The minimum atomic E-state index is -0.248. The number of piperidine rings is 1. The standard InChI is InChI=1S/C21H23FN4OS/c1-14-23-19-13-15(22)3-8-20(19)26(14)17-9-11-25(12-10-17)21(28)24-16-4-6-18(27-2)7-5-16/h3-8,13,17H,9-12H2,1-2H3,(H,24,28). The van der Waals surface area contributed by atoms with Crippen molar-refractivity contribution < 1.29 is 9.13 Å². The number of ether oxygens (including phenoxy) is 1. The van der Waals surface area contributed by atoms with Crippen LogP contribution in [-0.4, -0.2) is 39.8 Å². The highest BCUT2D eigenvalue weighted by Crippen LogP contribution is 2.29. The monoisotopic (exact) mass is 398 g/mol. The maximum absolute atomic E-state index is 13.5. The molecule has 2 aromatic carbocycles. The molecule has 0 atom stereocenters. The van der Waals surface area contributed by atoms with Crippen molar-refractivity contribution in [1.29, 1.82) is 0 Å². The van der Waals surface area contributed by atoms with Gasteiger partial charge in [0.05, 0.1) is 18.1 Å². The minimum absolute atomic E-state index is 0.248. The van der Waals surface area contributed by atoms with Gasteiger partial charge in [0.15, 0.2) is 5.11 Å². The summed E-state index contributed by atoms with van der Waals surface area (Å²) in [6, 6.07) is 12.9. The molecule has 5 nitrogen and oxygen atoms in total. The Bertz CT molecular complexity index is 994. The fraction of sp³-hybridized carbons (Fsp3) is 0.333. The number of likely N-dealkylation sites (tertiary alicyclic amines) is 1. The largest absolute Gasteiger partial charge is 0.497 e. The summed E-state index contributed by atoms with van der Waals surface area (Å²) in [7, 11) is 1.65.